The topological polar surface area (TPSA) is 50.8 Å². The van der Waals surface area contributed by atoms with Crippen molar-refractivity contribution in [1.82, 2.24) is 0 Å². The van der Waals surface area contributed by atoms with Crippen molar-refractivity contribution in [2.75, 3.05) is 21.3 Å². The van der Waals surface area contributed by atoms with Crippen LogP contribution in [0.2, 0.25) is 0 Å². The van der Waals surface area contributed by atoms with Crippen LogP contribution in [-0.2, 0) is 0 Å². The van der Waals surface area contributed by atoms with Gasteiger partial charge in [-0.2, -0.15) is 0 Å². The molecule has 0 bridgehead atoms. The van der Waals surface area contributed by atoms with Crippen LogP contribution in [-0.4, -0.2) is 52.7 Å². The molecule has 0 unspecified atom stereocenters. The molecule has 7 heteroatoms. The molecular formula is C21H21ClMgO4Si. The van der Waals surface area contributed by atoms with E-state index >= 15 is 0 Å². The Morgan fingerprint density at radius 2 is 0.893 bits per heavy atom. The number of halogens is 1. The molecule has 0 N–H and O–H groups in total. The van der Waals surface area contributed by atoms with E-state index in [0.717, 1.165) is 15.6 Å². The van der Waals surface area contributed by atoms with Crippen LogP contribution in [0.4, 0.5) is 0 Å². The fraction of sp³-hybridized carbons (Fsp3) is 0.143. The van der Waals surface area contributed by atoms with E-state index < -0.39 is 8.32 Å². The average Bonchev–Trinajstić information content (AvgIpc) is 2.73. The maximum Gasteiger partial charge on any atom is 2.00 e. The third-order valence-electron chi connectivity index (χ3n) is 4.43. The van der Waals surface area contributed by atoms with Gasteiger partial charge in [0, 0.05) is 0 Å². The van der Waals surface area contributed by atoms with Gasteiger partial charge in [-0.05, 0) is 36.4 Å². The van der Waals surface area contributed by atoms with E-state index in [2.05, 4.69) is 0 Å². The Bertz CT molecular complexity index is 791. The Hall–Kier alpha value is -1.71. The van der Waals surface area contributed by atoms with Crippen molar-refractivity contribution in [3.63, 3.8) is 0 Å². The van der Waals surface area contributed by atoms with Crippen LogP contribution in [0.25, 0.3) is 0 Å². The number of hydrogen-bond acceptors (Lipinski definition) is 4. The first-order valence-corrected chi connectivity index (χ1v) is 10.2. The molecule has 0 fully saturated rings. The summed E-state index contributed by atoms with van der Waals surface area (Å²) in [5.41, 5.74) is 0. The predicted octanol–water partition coefficient (Wildman–Crippen LogP) is -2.34. The van der Waals surface area contributed by atoms with Gasteiger partial charge in [0.15, 0.2) is 0 Å². The summed E-state index contributed by atoms with van der Waals surface area (Å²) in [6.07, 6.45) is 0. The van der Waals surface area contributed by atoms with Crippen LogP contribution in [0, 0.1) is 0 Å². The van der Waals surface area contributed by atoms with Crippen molar-refractivity contribution in [3.05, 3.63) is 72.8 Å². The quantitative estimate of drug-likeness (QED) is 0.329. The molecule has 3 aromatic carbocycles. The first-order chi connectivity index (χ1) is 12.6. The van der Waals surface area contributed by atoms with E-state index in [1.807, 2.05) is 72.8 Å². The molecular weight excluding hydrogens is 404 g/mol. The maximum absolute atomic E-state index is 14.5. The summed E-state index contributed by atoms with van der Waals surface area (Å²) in [6, 6.07) is 22.2. The van der Waals surface area contributed by atoms with Gasteiger partial charge in [0.1, 0.15) is 17.2 Å². The second kappa shape index (κ2) is 10.7. The molecule has 3 rings (SSSR count). The second-order valence-electron chi connectivity index (χ2n) is 5.88. The van der Waals surface area contributed by atoms with Gasteiger partial charge in [0.25, 0.3) is 0 Å². The van der Waals surface area contributed by atoms with Crippen LogP contribution in [0.3, 0.4) is 0 Å². The zero-order valence-corrected chi connectivity index (χ0v) is 19.3. The molecule has 142 valence electrons. The van der Waals surface area contributed by atoms with Gasteiger partial charge in [0.05, 0.1) is 29.6 Å². The van der Waals surface area contributed by atoms with Gasteiger partial charge in [-0.25, -0.2) is 0 Å². The summed E-state index contributed by atoms with van der Waals surface area (Å²) in [7, 11) is 1.29. The number of ether oxygens (including phenoxy) is 3. The van der Waals surface area contributed by atoms with Crippen molar-refractivity contribution in [3.8, 4) is 17.2 Å². The molecule has 0 aromatic heterocycles. The molecule has 0 aliphatic rings. The molecule has 0 heterocycles. The van der Waals surface area contributed by atoms with E-state index in [0.29, 0.717) is 17.2 Å². The van der Waals surface area contributed by atoms with Gasteiger partial charge in [0.2, 0.25) is 0 Å². The Kier molecular flexibility index (Phi) is 9.33. The normalized spacial score (nSPS) is 10.3. The Labute approximate surface area is 189 Å². The van der Waals surface area contributed by atoms with Crippen LogP contribution < -0.4 is 47.0 Å². The Morgan fingerprint density at radius 1 is 0.607 bits per heavy atom. The van der Waals surface area contributed by atoms with E-state index in [9.17, 15) is 4.80 Å². The van der Waals surface area contributed by atoms with Crippen molar-refractivity contribution >= 4 is 46.9 Å². The molecule has 0 aliphatic carbocycles. The van der Waals surface area contributed by atoms with E-state index in [4.69, 9.17) is 14.2 Å². The minimum atomic E-state index is -3.51. The standard InChI is InChI=1S/C21H21O4Si.ClH.Mg/c1-23-16-7-4-10-19(13-16)26(22,20-11-5-8-17(14-20)24-2)21-12-6-9-18(15-21)25-3;;/h4-15H,1-3H3;1H;/q-1;;+2/p-1. The number of hydrogen-bond donors (Lipinski definition) is 0. The van der Waals surface area contributed by atoms with Crippen molar-refractivity contribution < 1.29 is 31.4 Å². The zero-order valence-electron chi connectivity index (χ0n) is 16.1. The van der Waals surface area contributed by atoms with Gasteiger partial charge < -0.3 is 31.4 Å². The molecule has 4 nitrogen and oxygen atoms in total. The molecule has 0 atom stereocenters. The summed E-state index contributed by atoms with van der Waals surface area (Å²) < 4.78 is 16.0. The van der Waals surface area contributed by atoms with Crippen LogP contribution >= 0.6 is 0 Å². The van der Waals surface area contributed by atoms with Crippen molar-refractivity contribution in [2.24, 2.45) is 0 Å². The largest absolute Gasteiger partial charge is 2.00 e. The summed E-state index contributed by atoms with van der Waals surface area (Å²) in [6.45, 7) is 0. The average molecular weight is 425 g/mol. The monoisotopic (exact) mass is 424 g/mol. The maximum atomic E-state index is 14.5. The Balaban J connectivity index is 0.00000196. The fourth-order valence-corrected chi connectivity index (χ4v) is 6.06. The van der Waals surface area contributed by atoms with Crippen molar-refractivity contribution in [1.29, 1.82) is 0 Å². The smallest absolute Gasteiger partial charge is 1.00 e. The van der Waals surface area contributed by atoms with Crippen molar-refractivity contribution in [2.45, 2.75) is 0 Å². The van der Waals surface area contributed by atoms with Gasteiger partial charge >= 0.3 is 23.1 Å². The molecule has 0 saturated carbocycles. The van der Waals surface area contributed by atoms with Crippen LogP contribution in [0.5, 0.6) is 17.2 Å². The summed E-state index contributed by atoms with van der Waals surface area (Å²) in [4.78, 5) is 14.5. The van der Waals surface area contributed by atoms with Gasteiger partial charge in [-0.15, -0.1) is 0 Å². The van der Waals surface area contributed by atoms with E-state index in [1.165, 1.54) is 0 Å². The number of rotatable bonds is 6. The first kappa shape index (κ1) is 24.3. The van der Waals surface area contributed by atoms with E-state index in [1.54, 1.807) is 21.3 Å². The molecule has 0 saturated heterocycles. The molecule has 3 aromatic rings. The SMILES string of the molecule is COc1cccc([Si]([O-])(c2cccc(OC)c2)c2cccc(OC)c2)c1.[Cl-].[Mg+2]. The van der Waals surface area contributed by atoms with Gasteiger partial charge in [-0.3, -0.25) is 0 Å². The molecule has 28 heavy (non-hydrogen) atoms. The predicted molar refractivity (Wildman–Crippen MR) is 109 cm³/mol. The summed E-state index contributed by atoms with van der Waals surface area (Å²) in [5.74, 6) is 2.00. The zero-order chi connectivity index (χ0) is 18.6. The third-order valence-corrected chi connectivity index (χ3v) is 7.80. The minimum absolute atomic E-state index is 0. The van der Waals surface area contributed by atoms with E-state index in [-0.39, 0.29) is 35.5 Å². The first-order valence-electron chi connectivity index (χ1n) is 8.26. The molecule has 0 radical (unpaired) electrons. The second-order valence-corrected chi connectivity index (χ2v) is 8.97. The summed E-state index contributed by atoms with van der Waals surface area (Å²) >= 11 is 0. The third kappa shape index (κ3) is 4.82. The molecule has 0 aliphatic heterocycles. The number of methoxy groups -OCH3 is 3. The van der Waals surface area contributed by atoms with Crippen LogP contribution in [0.1, 0.15) is 0 Å². The molecule has 0 amide bonds. The minimum Gasteiger partial charge on any atom is -1.00 e. The van der Waals surface area contributed by atoms with Gasteiger partial charge in [-0.1, -0.05) is 52.0 Å². The molecule has 0 spiro atoms. The fourth-order valence-electron chi connectivity index (χ4n) is 3.03. The number of benzene rings is 3. The van der Waals surface area contributed by atoms with Crippen LogP contribution in [0.15, 0.2) is 72.8 Å². The Morgan fingerprint density at radius 3 is 1.14 bits per heavy atom. The summed E-state index contributed by atoms with van der Waals surface area (Å²) in [5, 5.41) is 2.16.